The molecule has 0 aliphatic carbocycles. The minimum atomic E-state index is -0.329. The van der Waals surface area contributed by atoms with Gasteiger partial charge in [-0.05, 0) is 24.6 Å². The Bertz CT molecular complexity index is 355. The van der Waals surface area contributed by atoms with Crippen molar-refractivity contribution in [2.45, 2.75) is 25.8 Å². The smallest absolute Gasteiger partial charge is 0.128 e. The first-order valence-corrected chi connectivity index (χ1v) is 4.64. The lowest BCUT2D eigenvalue weighted by molar-refractivity contribution is 0.559. The van der Waals surface area contributed by atoms with Crippen molar-refractivity contribution in [3.63, 3.8) is 0 Å². The Morgan fingerprint density at radius 2 is 2.29 bits per heavy atom. The van der Waals surface area contributed by atoms with E-state index in [4.69, 9.17) is 11.0 Å². The molecule has 0 fully saturated rings. The van der Waals surface area contributed by atoms with E-state index in [0.29, 0.717) is 11.1 Å². The van der Waals surface area contributed by atoms with Gasteiger partial charge in [0.15, 0.2) is 0 Å². The molecule has 0 aliphatic rings. The highest BCUT2D eigenvalue weighted by molar-refractivity contribution is 5.35. The van der Waals surface area contributed by atoms with Gasteiger partial charge in [0.2, 0.25) is 0 Å². The summed E-state index contributed by atoms with van der Waals surface area (Å²) in [6, 6.07) is 5.93. The van der Waals surface area contributed by atoms with Gasteiger partial charge >= 0.3 is 0 Å². The molecule has 2 N–H and O–H groups in total. The predicted molar refractivity (Wildman–Crippen MR) is 53.0 cm³/mol. The summed E-state index contributed by atoms with van der Waals surface area (Å²) in [5, 5.41) is 8.65. The number of halogens is 1. The van der Waals surface area contributed by atoms with Crippen molar-refractivity contribution in [3.05, 3.63) is 35.1 Å². The van der Waals surface area contributed by atoms with E-state index in [-0.39, 0.29) is 11.9 Å². The number of nitrogens with two attached hydrogens (primary N) is 1. The molecule has 0 unspecified atom stereocenters. The van der Waals surface area contributed by atoms with Crippen LogP contribution >= 0.6 is 0 Å². The van der Waals surface area contributed by atoms with E-state index in [1.54, 1.807) is 0 Å². The molecule has 0 amide bonds. The van der Waals surface area contributed by atoms with Crippen molar-refractivity contribution < 1.29 is 4.39 Å². The third-order valence-corrected chi connectivity index (χ3v) is 2.12. The summed E-state index contributed by atoms with van der Waals surface area (Å²) in [4.78, 5) is 0. The molecule has 0 aromatic heterocycles. The van der Waals surface area contributed by atoms with E-state index in [0.717, 1.165) is 12.8 Å². The molecule has 0 spiro atoms. The molecule has 0 saturated heterocycles. The van der Waals surface area contributed by atoms with Crippen LogP contribution in [-0.2, 0) is 0 Å². The minimum absolute atomic E-state index is 0.312. The summed E-state index contributed by atoms with van der Waals surface area (Å²) in [5.41, 5.74) is 6.67. The third-order valence-electron chi connectivity index (χ3n) is 2.12. The monoisotopic (exact) mass is 192 g/mol. The Morgan fingerprint density at radius 1 is 1.57 bits per heavy atom. The topological polar surface area (TPSA) is 49.8 Å². The molecule has 1 atom stereocenters. The maximum absolute atomic E-state index is 13.3. The van der Waals surface area contributed by atoms with Gasteiger partial charge in [0.05, 0.1) is 11.6 Å². The molecule has 0 bridgehead atoms. The number of nitrogens with zero attached hydrogens (tertiary/aromatic N) is 1. The van der Waals surface area contributed by atoms with Crippen LogP contribution in [0.2, 0.25) is 0 Å². The van der Waals surface area contributed by atoms with Crippen LogP contribution in [0, 0.1) is 17.1 Å². The quantitative estimate of drug-likeness (QED) is 0.799. The minimum Gasteiger partial charge on any atom is -0.324 e. The largest absolute Gasteiger partial charge is 0.324 e. The van der Waals surface area contributed by atoms with E-state index < -0.39 is 0 Å². The standard InChI is InChI=1S/C11H13FN2/c1-2-3-11(14)9-6-8(7-13)4-5-10(9)12/h4-6,11H,2-3,14H2,1H3/t11-/m0/s1. The van der Waals surface area contributed by atoms with Gasteiger partial charge in [-0.15, -0.1) is 0 Å². The molecular weight excluding hydrogens is 179 g/mol. The molecule has 0 radical (unpaired) electrons. The van der Waals surface area contributed by atoms with E-state index in [2.05, 4.69) is 0 Å². The molecular formula is C11H13FN2. The van der Waals surface area contributed by atoms with Gasteiger partial charge in [-0.25, -0.2) is 4.39 Å². The highest BCUT2D eigenvalue weighted by atomic mass is 19.1. The van der Waals surface area contributed by atoms with Gasteiger partial charge in [0.1, 0.15) is 5.82 Å². The summed E-state index contributed by atoms with van der Waals surface area (Å²) in [7, 11) is 0. The maximum atomic E-state index is 13.3. The van der Waals surface area contributed by atoms with Gasteiger partial charge in [0.25, 0.3) is 0 Å². The molecule has 0 heterocycles. The van der Waals surface area contributed by atoms with E-state index >= 15 is 0 Å². The molecule has 0 aliphatic heterocycles. The predicted octanol–water partition coefficient (Wildman–Crippen LogP) is 2.50. The van der Waals surface area contributed by atoms with E-state index in [1.807, 2.05) is 13.0 Å². The van der Waals surface area contributed by atoms with Crippen molar-refractivity contribution in [3.8, 4) is 6.07 Å². The Labute approximate surface area is 83.2 Å². The average molecular weight is 192 g/mol. The Kier molecular flexibility index (Phi) is 3.61. The molecule has 1 aromatic rings. The maximum Gasteiger partial charge on any atom is 0.128 e. The summed E-state index contributed by atoms with van der Waals surface area (Å²) in [5.74, 6) is -0.329. The fourth-order valence-electron chi connectivity index (χ4n) is 1.36. The van der Waals surface area contributed by atoms with Crippen LogP contribution in [0.4, 0.5) is 4.39 Å². The second-order valence-corrected chi connectivity index (χ2v) is 3.24. The van der Waals surface area contributed by atoms with Crippen molar-refractivity contribution in [2.75, 3.05) is 0 Å². The van der Waals surface area contributed by atoms with Gasteiger partial charge in [-0.3, -0.25) is 0 Å². The van der Waals surface area contributed by atoms with Crippen LogP contribution in [0.1, 0.15) is 36.9 Å². The van der Waals surface area contributed by atoms with Gasteiger partial charge in [0, 0.05) is 11.6 Å². The fourth-order valence-corrected chi connectivity index (χ4v) is 1.36. The lowest BCUT2D eigenvalue weighted by Crippen LogP contribution is -2.11. The molecule has 0 saturated carbocycles. The van der Waals surface area contributed by atoms with Crippen molar-refractivity contribution in [1.82, 2.24) is 0 Å². The first-order chi connectivity index (χ1) is 6.69. The normalized spacial score (nSPS) is 12.1. The van der Waals surface area contributed by atoms with Crippen molar-refractivity contribution in [2.24, 2.45) is 5.73 Å². The van der Waals surface area contributed by atoms with E-state index in [1.165, 1.54) is 18.2 Å². The zero-order valence-electron chi connectivity index (χ0n) is 8.13. The SMILES string of the molecule is CCC[C@H](N)c1cc(C#N)ccc1F. The molecule has 3 heteroatoms. The van der Waals surface area contributed by atoms with Crippen LogP contribution < -0.4 is 5.73 Å². The molecule has 1 aromatic carbocycles. The Balaban J connectivity index is 3.01. The van der Waals surface area contributed by atoms with Gasteiger partial charge in [-0.2, -0.15) is 5.26 Å². The summed E-state index contributed by atoms with van der Waals surface area (Å²) in [6.45, 7) is 1.99. The molecule has 14 heavy (non-hydrogen) atoms. The number of benzene rings is 1. The zero-order valence-corrected chi connectivity index (χ0v) is 8.13. The average Bonchev–Trinajstić information content (AvgIpc) is 2.19. The molecule has 74 valence electrons. The number of rotatable bonds is 3. The number of hydrogen-bond donors (Lipinski definition) is 1. The first-order valence-electron chi connectivity index (χ1n) is 4.64. The summed E-state index contributed by atoms with van der Waals surface area (Å²) in [6.07, 6.45) is 1.63. The fraction of sp³-hybridized carbons (Fsp3) is 0.364. The second kappa shape index (κ2) is 4.73. The summed E-state index contributed by atoms with van der Waals surface area (Å²) < 4.78 is 13.3. The van der Waals surface area contributed by atoms with Crippen LogP contribution in [-0.4, -0.2) is 0 Å². The highest BCUT2D eigenvalue weighted by Gasteiger charge is 2.10. The summed E-state index contributed by atoms with van der Waals surface area (Å²) >= 11 is 0. The molecule has 1 rings (SSSR count). The zero-order chi connectivity index (χ0) is 10.6. The number of nitriles is 1. The lowest BCUT2D eigenvalue weighted by atomic mass is 10.0. The Morgan fingerprint density at radius 3 is 2.86 bits per heavy atom. The van der Waals surface area contributed by atoms with E-state index in [9.17, 15) is 4.39 Å². The van der Waals surface area contributed by atoms with Crippen LogP contribution in [0.3, 0.4) is 0 Å². The highest BCUT2D eigenvalue weighted by Crippen LogP contribution is 2.20. The number of hydrogen-bond acceptors (Lipinski definition) is 2. The lowest BCUT2D eigenvalue weighted by Gasteiger charge is -2.11. The first kappa shape index (κ1) is 10.7. The van der Waals surface area contributed by atoms with Crippen LogP contribution in [0.15, 0.2) is 18.2 Å². The van der Waals surface area contributed by atoms with Crippen LogP contribution in [0.5, 0.6) is 0 Å². The van der Waals surface area contributed by atoms with Gasteiger partial charge < -0.3 is 5.73 Å². The van der Waals surface area contributed by atoms with Gasteiger partial charge in [-0.1, -0.05) is 13.3 Å². The second-order valence-electron chi connectivity index (χ2n) is 3.24. The van der Waals surface area contributed by atoms with Crippen molar-refractivity contribution >= 4 is 0 Å². The van der Waals surface area contributed by atoms with Crippen LogP contribution in [0.25, 0.3) is 0 Å². The Hall–Kier alpha value is -1.40. The molecule has 2 nitrogen and oxygen atoms in total. The third kappa shape index (κ3) is 2.30. The van der Waals surface area contributed by atoms with Crippen molar-refractivity contribution in [1.29, 1.82) is 5.26 Å².